The van der Waals surface area contributed by atoms with Gasteiger partial charge in [0.1, 0.15) is 5.82 Å². The summed E-state index contributed by atoms with van der Waals surface area (Å²) in [6.45, 7) is 1.90. The second-order valence-corrected chi connectivity index (χ2v) is 6.86. The highest BCUT2D eigenvalue weighted by atomic mass is 79.9. The van der Waals surface area contributed by atoms with Gasteiger partial charge in [-0.3, -0.25) is 9.48 Å². The zero-order valence-electron chi connectivity index (χ0n) is 14.6. The minimum atomic E-state index is -0.391. The van der Waals surface area contributed by atoms with Crippen LogP contribution in [-0.2, 0) is 7.05 Å². The Labute approximate surface area is 163 Å². The SMILES string of the molecule is Cc1nn(C)c(NC(=O)c2cc(-c3ccco3)on2)c1-c1ccc(Br)cc1. The van der Waals surface area contributed by atoms with E-state index in [1.54, 1.807) is 23.9 Å². The van der Waals surface area contributed by atoms with Crippen molar-refractivity contribution < 1.29 is 13.7 Å². The van der Waals surface area contributed by atoms with E-state index in [1.807, 2.05) is 31.2 Å². The van der Waals surface area contributed by atoms with Crippen molar-refractivity contribution in [2.45, 2.75) is 6.92 Å². The van der Waals surface area contributed by atoms with Crippen molar-refractivity contribution in [3.63, 3.8) is 0 Å². The summed E-state index contributed by atoms with van der Waals surface area (Å²) in [5.41, 5.74) is 2.78. The zero-order chi connectivity index (χ0) is 19.0. The number of rotatable bonds is 4. The molecule has 0 saturated heterocycles. The van der Waals surface area contributed by atoms with E-state index in [9.17, 15) is 4.79 Å². The van der Waals surface area contributed by atoms with E-state index in [0.29, 0.717) is 17.3 Å². The molecule has 0 aliphatic heterocycles. The minimum absolute atomic E-state index is 0.155. The number of carbonyl (C=O) groups excluding carboxylic acids is 1. The number of nitrogens with one attached hydrogen (secondary N) is 1. The van der Waals surface area contributed by atoms with Crippen molar-refractivity contribution in [3.8, 4) is 22.6 Å². The number of halogens is 1. The third-order valence-corrected chi connectivity index (χ3v) is 4.62. The van der Waals surface area contributed by atoms with Gasteiger partial charge in [-0.2, -0.15) is 5.10 Å². The van der Waals surface area contributed by atoms with Crippen molar-refractivity contribution in [2.24, 2.45) is 7.05 Å². The largest absolute Gasteiger partial charge is 0.461 e. The fourth-order valence-corrected chi connectivity index (χ4v) is 3.12. The van der Waals surface area contributed by atoms with Crippen molar-refractivity contribution >= 4 is 27.7 Å². The highest BCUT2D eigenvalue weighted by molar-refractivity contribution is 9.10. The second kappa shape index (κ2) is 6.88. The summed E-state index contributed by atoms with van der Waals surface area (Å²) < 4.78 is 13.1. The van der Waals surface area contributed by atoms with Gasteiger partial charge in [0.2, 0.25) is 5.76 Å². The predicted octanol–water partition coefficient (Wildman–Crippen LogP) is 4.66. The molecular weight excluding hydrogens is 412 g/mol. The Morgan fingerprint density at radius 1 is 1.19 bits per heavy atom. The molecule has 0 spiro atoms. The van der Waals surface area contributed by atoms with Crippen LogP contribution in [0.2, 0.25) is 0 Å². The van der Waals surface area contributed by atoms with Crippen LogP contribution in [-0.4, -0.2) is 20.8 Å². The van der Waals surface area contributed by atoms with Gasteiger partial charge < -0.3 is 14.3 Å². The Morgan fingerprint density at radius 3 is 2.67 bits per heavy atom. The molecule has 0 radical (unpaired) electrons. The molecule has 0 saturated carbocycles. The maximum atomic E-state index is 12.7. The third kappa shape index (κ3) is 3.31. The van der Waals surface area contributed by atoms with Crippen LogP contribution >= 0.6 is 15.9 Å². The topological polar surface area (TPSA) is 86.1 Å². The van der Waals surface area contributed by atoms with Gasteiger partial charge in [-0.25, -0.2) is 0 Å². The van der Waals surface area contributed by atoms with Crippen LogP contribution < -0.4 is 5.32 Å². The first-order valence-electron chi connectivity index (χ1n) is 8.14. The monoisotopic (exact) mass is 426 g/mol. The number of carbonyl (C=O) groups is 1. The van der Waals surface area contributed by atoms with E-state index >= 15 is 0 Å². The number of anilines is 1. The number of aryl methyl sites for hydroxylation is 2. The average molecular weight is 427 g/mol. The summed E-state index contributed by atoms with van der Waals surface area (Å²) in [6, 6.07) is 12.8. The van der Waals surface area contributed by atoms with Gasteiger partial charge in [0.05, 0.1) is 12.0 Å². The Kier molecular flexibility index (Phi) is 4.41. The van der Waals surface area contributed by atoms with Crippen LogP contribution in [0.4, 0.5) is 5.82 Å². The van der Waals surface area contributed by atoms with E-state index in [4.69, 9.17) is 8.94 Å². The van der Waals surface area contributed by atoms with E-state index < -0.39 is 5.91 Å². The summed E-state index contributed by atoms with van der Waals surface area (Å²) in [4.78, 5) is 12.7. The van der Waals surface area contributed by atoms with Crippen LogP contribution in [0.1, 0.15) is 16.2 Å². The van der Waals surface area contributed by atoms with Crippen molar-refractivity contribution in [2.75, 3.05) is 5.32 Å². The quantitative estimate of drug-likeness (QED) is 0.512. The maximum absolute atomic E-state index is 12.7. The zero-order valence-corrected chi connectivity index (χ0v) is 16.1. The molecule has 27 heavy (non-hydrogen) atoms. The summed E-state index contributed by atoms with van der Waals surface area (Å²) in [6.07, 6.45) is 1.53. The van der Waals surface area contributed by atoms with Crippen LogP contribution in [0, 0.1) is 6.92 Å². The van der Waals surface area contributed by atoms with Gasteiger partial charge in [0.15, 0.2) is 11.5 Å². The molecule has 0 aliphatic rings. The van der Waals surface area contributed by atoms with Crippen molar-refractivity contribution in [1.82, 2.24) is 14.9 Å². The highest BCUT2D eigenvalue weighted by Crippen LogP contribution is 2.32. The Morgan fingerprint density at radius 2 is 1.96 bits per heavy atom. The van der Waals surface area contributed by atoms with Gasteiger partial charge in [-0.15, -0.1) is 0 Å². The van der Waals surface area contributed by atoms with E-state index in [2.05, 4.69) is 31.5 Å². The van der Waals surface area contributed by atoms with E-state index in [0.717, 1.165) is 21.3 Å². The molecule has 8 heteroatoms. The molecule has 0 aliphatic carbocycles. The molecule has 0 bridgehead atoms. The standard InChI is InChI=1S/C19H15BrN4O3/c1-11-17(12-5-7-13(20)8-6-12)18(24(2)22-11)21-19(25)14-10-16(27-23-14)15-4-3-9-26-15/h3-10H,1-2H3,(H,21,25). The first-order chi connectivity index (χ1) is 13.0. The van der Waals surface area contributed by atoms with Gasteiger partial charge in [0.25, 0.3) is 5.91 Å². The average Bonchev–Trinajstić information content (AvgIpc) is 3.37. The Bertz CT molecular complexity index is 1090. The first kappa shape index (κ1) is 17.3. The van der Waals surface area contributed by atoms with Crippen molar-refractivity contribution in [3.05, 3.63) is 64.6 Å². The van der Waals surface area contributed by atoms with Crippen LogP contribution in [0.25, 0.3) is 22.6 Å². The van der Waals surface area contributed by atoms with E-state index in [-0.39, 0.29) is 5.69 Å². The highest BCUT2D eigenvalue weighted by Gasteiger charge is 2.21. The number of furan rings is 1. The van der Waals surface area contributed by atoms with Crippen LogP contribution in [0.5, 0.6) is 0 Å². The molecule has 4 rings (SSSR count). The molecule has 0 atom stereocenters. The number of hydrogen-bond donors (Lipinski definition) is 1. The normalized spacial score (nSPS) is 10.9. The van der Waals surface area contributed by atoms with E-state index in [1.165, 1.54) is 12.3 Å². The second-order valence-electron chi connectivity index (χ2n) is 5.95. The molecule has 1 amide bonds. The molecule has 0 unspecified atom stereocenters. The minimum Gasteiger partial charge on any atom is -0.461 e. The van der Waals surface area contributed by atoms with Crippen LogP contribution in [0.3, 0.4) is 0 Å². The van der Waals surface area contributed by atoms with Gasteiger partial charge in [-0.1, -0.05) is 33.2 Å². The summed E-state index contributed by atoms with van der Waals surface area (Å²) in [7, 11) is 1.78. The molecule has 136 valence electrons. The lowest BCUT2D eigenvalue weighted by Gasteiger charge is -2.08. The van der Waals surface area contributed by atoms with Crippen molar-refractivity contribution in [1.29, 1.82) is 0 Å². The summed E-state index contributed by atoms with van der Waals surface area (Å²) in [5.74, 6) is 1.09. The molecular formula is C19H15BrN4O3. The smallest absolute Gasteiger partial charge is 0.279 e. The lowest BCUT2D eigenvalue weighted by Crippen LogP contribution is -2.15. The number of hydrogen-bond acceptors (Lipinski definition) is 5. The molecule has 7 nitrogen and oxygen atoms in total. The fourth-order valence-electron chi connectivity index (χ4n) is 2.85. The third-order valence-electron chi connectivity index (χ3n) is 4.09. The van der Waals surface area contributed by atoms with Gasteiger partial charge in [-0.05, 0) is 36.8 Å². The van der Waals surface area contributed by atoms with Gasteiger partial charge >= 0.3 is 0 Å². The molecule has 0 fully saturated rings. The number of benzene rings is 1. The molecule has 3 heterocycles. The maximum Gasteiger partial charge on any atom is 0.279 e. The summed E-state index contributed by atoms with van der Waals surface area (Å²) in [5, 5.41) is 11.2. The molecule has 1 N–H and O–H groups in total. The Hall–Kier alpha value is -3.13. The Balaban J connectivity index is 1.65. The predicted molar refractivity (Wildman–Crippen MR) is 103 cm³/mol. The lowest BCUT2D eigenvalue weighted by molar-refractivity contribution is 0.101. The molecule has 1 aromatic carbocycles. The number of amides is 1. The number of nitrogens with zero attached hydrogens (tertiary/aromatic N) is 3. The first-order valence-corrected chi connectivity index (χ1v) is 8.93. The van der Waals surface area contributed by atoms with Crippen LogP contribution in [0.15, 0.2) is 62.1 Å². The molecule has 3 aromatic heterocycles. The number of aromatic nitrogens is 3. The fraction of sp³-hybridized carbons (Fsp3) is 0.105. The van der Waals surface area contributed by atoms with Gasteiger partial charge in [0, 0.05) is 23.2 Å². The molecule has 4 aromatic rings. The summed E-state index contributed by atoms with van der Waals surface area (Å²) >= 11 is 3.43. The lowest BCUT2D eigenvalue weighted by atomic mass is 10.1.